The second-order valence-electron chi connectivity index (χ2n) is 4.19. The largest absolute Gasteiger partial charge is 0.259 e. The molecule has 0 radical (unpaired) electrons. The van der Waals surface area contributed by atoms with E-state index in [0.29, 0.717) is 0 Å². The summed E-state index contributed by atoms with van der Waals surface area (Å²) in [6.45, 7) is 7.75. The van der Waals surface area contributed by atoms with E-state index < -0.39 is 0 Å². The molecule has 1 fully saturated rings. The molecule has 1 aliphatic carbocycles. The van der Waals surface area contributed by atoms with Crippen LogP contribution < -0.4 is 0 Å². The second kappa shape index (κ2) is 5.79. The molecule has 1 saturated carbocycles. The average Bonchev–Trinajstić information content (AvgIpc) is 2.67. The van der Waals surface area contributed by atoms with E-state index in [-0.39, 0.29) is 0 Å². The minimum atomic E-state index is 0.921. The zero-order chi connectivity index (χ0) is 10.4. The molecule has 0 saturated heterocycles. The Balaban J connectivity index is 2.39. The molecule has 0 unspecified atom stereocenters. The maximum absolute atomic E-state index is 4.42. The topological polar surface area (TPSA) is 12.4 Å². The Hall–Kier alpha value is -0.850. The van der Waals surface area contributed by atoms with Crippen molar-refractivity contribution < 1.29 is 0 Å². The Labute approximate surface area is 87.6 Å². The molecule has 0 aromatic rings. The summed E-state index contributed by atoms with van der Waals surface area (Å²) in [6, 6.07) is 0. The summed E-state index contributed by atoms with van der Waals surface area (Å²) in [5, 5.41) is 0. The summed E-state index contributed by atoms with van der Waals surface area (Å²) in [6.07, 6.45) is 10.9. The Morgan fingerprint density at radius 2 is 2.00 bits per heavy atom. The molecule has 0 aromatic carbocycles. The molecule has 0 spiro atoms. The molecule has 0 heterocycles. The number of rotatable bonds is 4. The van der Waals surface area contributed by atoms with Gasteiger partial charge in [-0.1, -0.05) is 38.3 Å². The first kappa shape index (κ1) is 11.2. The molecule has 0 atom stereocenters. The molecule has 78 valence electrons. The minimum absolute atomic E-state index is 0.921. The maximum atomic E-state index is 4.42. The van der Waals surface area contributed by atoms with Gasteiger partial charge in [-0.15, -0.1) is 0 Å². The van der Waals surface area contributed by atoms with Gasteiger partial charge in [0.2, 0.25) is 0 Å². The molecule has 0 aromatic heterocycles. The monoisotopic (exact) mass is 191 g/mol. The van der Waals surface area contributed by atoms with Gasteiger partial charge in [0, 0.05) is 11.4 Å². The highest BCUT2D eigenvalue weighted by Crippen LogP contribution is 2.28. The number of nitrogens with zero attached hydrogens (tertiary/aromatic N) is 1. The molecular weight excluding hydrogens is 170 g/mol. The quantitative estimate of drug-likeness (QED) is 0.593. The van der Waals surface area contributed by atoms with E-state index in [1.54, 1.807) is 6.08 Å². The highest BCUT2D eigenvalue weighted by molar-refractivity contribution is 5.92. The van der Waals surface area contributed by atoms with E-state index in [4.69, 9.17) is 0 Å². The maximum Gasteiger partial charge on any atom is 0.0369 e. The van der Waals surface area contributed by atoms with Crippen LogP contribution in [0.4, 0.5) is 0 Å². The summed E-state index contributed by atoms with van der Waals surface area (Å²) < 4.78 is 0. The lowest BCUT2D eigenvalue weighted by Crippen LogP contribution is -1.91. The molecule has 1 aliphatic rings. The van der Waals surface area contributed by atoms with E-state index in [0.717, 1.165) is 17.3 Å². The summed E-state index contributed by atoms with van der Waals surface area (Å²) in [4.78, 5) is 4.42. The van der Waals surface area contributed by atoms with Crippen molar-refractivity contribution in [3.63, 3.8) is 0 Å². The van der Waals surface area contributed by atoms with Crippen molar-refractivity contribution in [2.75, 3.05) is 0 Å². The van der Waals surface area contributed by atoms with Gasteiger partial charge >= 0.3 is 0 Å². The van der Waals surface area contributed by atoms with Gasteiger partial charge in [-0.2, -0.15) is 0 Å². The summed E-state index contributed by atoms with van der Waals surface area (Å²) >= 11 is 0. The van der Waals surface area contributed by atoms with Gasteiger partial charge in [0.15, 0.2) is 0 Å². The van der Waals surface area contributed by atoms with Crippen molar-refractivity contribution in [1.29, 1.82) is 0 Å². The van der Waals surface area contributed by atoms with Gasteiger partial charge in [-0.25, -0.2) is 0 Å². The van der Waals surface area contributed by atoms with Crippen LogP contribution in [0.5, 0.6) is 0 Å². The lowest BCUT2D eigenvalue weighted by Gasteiger charge is -2.04. The van der Waals surface area contributed by atoms with Crippen molar-refractivity contribution in [3.8, 4) is 0 Å². The van der Waals surface area contributed by atoms with Crippen molar-refractivity contribution in [2.45, 2.75) is 46.0 Å². The lowest BCUT2D eigenvalue weighted by atomic mass is 10.0. The van der Waals surface area contributed by atoms with Crippen molar-refractivity contribution in [2.24, 2.45) is 10.9 Å². The highest BCUT2D eigenvalue weighted by atomic mass is 14.7. The molecule has 1 rings (SSSR count). The Bertz CT molecular complexity index is 242. The van der Waals surface area contributed by atoms with E-state index in [2.05, 4.69) is 24.6 Å². The van der Waals surface area contributed by atoms with Gasteiger partial charge in [0.1, 0.15) is 0 Å². The van der Waals surface area contributed by atoms with Crippen molar-refractivity contribution in [1.82, 2.24) is 0 Å². The van der Waals surface area contributed by atoms with E-state index in [1.807, 2.05) is 6.92 Å². The fourth-order valence-corrected chi connectivity index (χ4v) is 1.95. The van der Waals surface area contributed by atoms with Crippen molar-refractivity contribution >= 4 is 5.71 Å². The zero-order valence-electron chi connectivity index (χ0n) is 9.42. The summed E-state index contributed by atoms with van der Waals surface area (Å²) in [7, 11) is 0. The number of hydrogen-bond donors (Lipinski definition) is 0. The molecule has 0 N–H and O–H groups in total. The zero-order valence-corrected chi connectivity index (χ0v) is 9.42. The van der Waals surface area contributed by atoms with Crippen LogP contribution in [0.25, 0.3) is 0 Å². The van der Waals surface area contributed by atoms with Crippen LogP contribution >= 0.6 is 0 Å². The fourth-order valence-electron chi connectivity index (χ4n) is 1.95. The third-order valence-corrected chi connectivity index (χ3v) is 2.87. The Morgan fingerprint density at radius 3 is 2.57 bits per heavy atom. The van der Waals surface area contributed by atoms with Gasteiger partial charge in [-0.3, -0.25) is 4.99 Å². The Kier molecular flexibility index (Phi) is 4.64. The van der Waals surface area contributed by atoms with Gasteiger partial charge in [-0.05, 0) is 32.3 Å². The molecule has 0 aliphatic heterocycles. The van der Waals surface area contributed by atoms with Crippen LogP contribution in [0, 0.1) is 5.92 Å². The van der Waals surface area contributed by atoms with Crippen molar-refractivity contribution in [3.05, 3.63) is 24.4 Å². The van der Waals surface area contributed by atoms with E-state index >= 15 is 0 Å². The smallest absolute Gasteiger partial charge is 0.0369 e. The standard InChI is InChI=1S/C13H21N/c1-4-11(2)14-12(3)9-10-13-7-5-6-8-13/h4,9,13H,1,5-8,10H2,2-3H3/b12-9-,14-11-. The predicted molar refractivity (Wildman–Crippen MR) is 63.6 cm³/mol. The first-order valence-electron chi connectivity index (χ1n) is 5.57. The van der Waals surface area contributed by atoms with Crippen LogP contribution in [-0.2, 0) is 0 Å². The van der Waals surface area contributed by atoms with Crippen LogP contribution in [-0.4, -0.2) is 5.71 Å². The number of allylic oxidation sites excluding steroid dienone is 3. The highest BCUT2D eigenvalue weighted by Gasteiger charge is 2.12. The van der Waals surface area contributed by atoms with Crippen LogP contribution in [0.2, 0.25) is 0 Å². The second-order valence-corrected chi connectivity index (χ2v) is 4.19. The number of aliphatic imine (C=N–C) groups is 1. The predicted octanol–water partition coefficient (Wildman–Crippen LogP) is 4.12. The summed E-state index contributed by atoms with van der Waals surface area (Å²) in [5.41, 5.74) is 2.14. The first-order valence-corrected chi connectivity index (χ1v) is 5.57. The normalized spacial score (nSPS) is 20.1. The third kappa shape index (κ3) is 3.91. The first-order chi connectivity index (χ1) is 6.72. The average molecular weight is 191 g/mol. The fraction of sp³-hybridized carbons (Fsp3) is 0.615. The van der Waals surface area contributed by atoms with E-state index in [9.17, 15) is 0 Å². The molecule has 1 heteroatoms. The van der Waals surface area contributed by atoms with E-state index in [1.165, 1.54) is 32.1 Å². The van der Waals surface area contributed by atoms with Crippen LogP contribution in [0.15, 0.2) is 29.4 Å². The van der Waals surface area contributed by atoms with Gasteiger partial charge < -0.3 is 0 Å². The summed E-state index contributed by atoms with van der Waals surface area (Å²) in [5.74, 6) is 0.921. The molecule has 0 bridgehead atoms. The molecule has 14 heavy (non-hydrogen) atoms. The van der Waals surface area contributed by atoms with Crippen LogP contribution in [0.1, 0.15) is 46.0 Å². The number of hydrogen-bond acceptors (Lipinski definition) is 1. The minimum Gasteiger partial charge on any atom is -0.259 e. The lowest BCUT2D eigenvalue weighted by molar-refractivity contribution is 0.556. The molecular formula is C13H21N. The Morgan fingerprint density at radius 1 is 1.36 bits per heavy atom. The molecule has 1 nitrogen and oxygen atoms in total. The van der Waals surface area contributed by atoms with Crippen LogP contribution in [0.3, 0.4) is 0 Å². The van der Waals surface area contributed by atoms with Gasteiger partial charge in [0.25, 0.3) is 0 Å². The molecule has 0 amide bonds. The third-order valence-electron chi connectivity index (χ3n) is 2.87. The van der Waals surface area contributed by atoms with Gasteiger partial charge in [0.05, 0.1) is 0 Å². The SMILES string of the molecule is C=C/C(C)=N\C(C)=C/CC1CCCC1.